The van der Waals surface area contributed by atoms with E-state index in [4.69, 9.17) is 4.74 Å². The van der Waals surface area contributed by atoms with Crippen molar-refractivity contribution in [2.45, 2.75) is 0 Å². The molecule has 1 nitrogen and oxygen atoms in total. The molecule has 0 aliphatic heterocycles. The Labute approximate surface area is 107 Å². The quantitative estimate of drug-likeness (QED) is 0.724. The van der Waals surface area contributed by atoms with E-state index in [0.717, 1.165) is 20.0 Å². The van der Waals surface area contributed by atoms with E-state index in [1.165, 1.54) is 11.3 Å². The molecule has 1 heterocycles. The zero-order valence-corrected chi connectivity index (χ0v) is 11.1. The number of ether oxygens (including phenoxy) is 1. The standard InChI is InChI=1S/C13H9BrOS/c1-15-13-12(14)9-11(16-13)8-7-10-5-3-2-4-6-10/h2-6,9H,1H3. The molecule has 0 bridgehead atoms. The van der Waals surface area contributed by atoms with Gasteiger partial charge in [-0.2, -0.15) is 0 Å². The summed E-state index contributed by atoms with van der Waals surface area (Å²) in [6.45, 7) is 0. The zero-order chi connectivity index (χ0) is 11.4. The van der Waals surface area contributed by atoms with Gasteiger partial charge in [0.15, 0.2) is 5.06 Å². The van der Waals surface area contributed by atoms with Crippen molar-refractivity contribution in [2.24, 2.45) is 0 Å². The lowest BCUT2D eigenvalue weighted by atomic mass is 10.2. The third kappa shape index (κ3) is 2.66. The molecule has 0 fully saturated rings. The summed E-state index contributed by atoms with van der Waals surface area (Å²) < 4.78 is 6.14. The Morgan fingerprint density at radius 3 is 2.56 bits per heavy atom. The fraction of sp³-hybridized carbons (Fsp3) is 0.0769. The monoisotopic (exact) mass is 292 g/mol. The van der Waals surface area contributed by atoms with Gasteiger partial charge in [-0.1, -0.05) is 41.4 Å². The minimum atomic E-state index is 0.859. The summed E-state index contributed by atoms with van der Waals surface area (Å²) >= 11 is 4.96. The van der Waals surface area contributed by atoms with Crippen LogP contribution in [-0.4, -0.2) is 7.11 Å². The van der Waals surface area contributed by atoms with Gasteiger partial charge < -0.3 is 4.74 Å². The Kier molecular flexibility index (Phi) is 3.66. The van der Waals surface area contributed by atoms with Crippen molar-refractivity contribution in [2.75, 3.05) is 7.11 Å². The highest BCUT2D eigenvalue weighted by Gasteiger charge is 2.04. The third-order valence-corrected chi connectivity index (χ3v) is 3.81. The lowest BCUT2D eigenvalue weighted by Crippen LogP contribution is -1.75. The van der Waals surface area contributed by atoms with Gasteiger partial charge in [0, 0.05) is 5.56 Å². The molecule has 3 heteroatoms. The number of hydrogen-bond acceptors (Lipinski definition) is 2. The van der Waals surface area contributed by atoms with Crippen molar-refractivity contribution in [3.8, 4) is 16.9 Å². The van der Waals surface area contributed by atoms with E-state index in [0.29, 0.717) is 0 Å². The molecule has 0 unspecified atom stereocenters. The maximum atomic E-state index is 5.18. The number of halogens is 1. The molecule has 0 spiro atoms. The first-order chi connectivity index (χ1) is 7.79. The molecule has 16 heavy (non-hydrogen) atoms. The molecule has 2 rings (SSSR count). The first-order valence-electron chi connectivity index (χ1n) is 4.70. The molecule has 0 saturated carbocycles. The number of rotatable bonds is 1. The van der Waals surface area contributed by atoms with E-state index in [1.807, 2.05) is 36.4 Å². The van der Waals surface area contributed by atoms with Gasteiger partial charge in [-0.3, -0.25) is 0 Å². The summed E-state index contributed by atoms with van der Waals surface area (Å²) in [7, 11) is 1.66. The average Bonchev–Trinajstić information content (AvgIpc) is 2.69. The largest absolute Gasteiger partial charge is 0.486 e. The summed E-state index contributed by atoms with van der Waals surface area (Å²) in [5.41, 5.74) is 1.02. The van der Waals surface area contributed by atoms with E-state index in [2.05, 4.69) is 27.8 Å². The highest BCUT2D eigenvalue weighted by atomic mass is 79.9. The Balaban J connectivity index is 2.24. The van der Waals surface area contributed by atoms with Gasteiger partial charge in [-0.15, -0.1) is 0 Å². The fourth-order valence-corrected chi connectivity index (χ4v) is 2.71. The van der Waals surface area contributed by atoms with Crippen LogP contribution < -0.4 is 4.74 Å². The molecule has 0 aliphatic carbocycles. The molecule has 0 aliphatic rings. The summed E-state index contributed by atoms with van der Waals surface area (Å²) in [6.07, 6.45) is 0. The zero-order valence-electron chi connectivity index (χ0n) is 8.66. The van der Waals surface area contributed by atoms with Crippen LogP contribution >= 0.6 is 27.3 Å². The van der Waals surface area contributed by atoms with E-state index in [1.54, 1.807) is 7.11 Å². The van der Waals surface area contributed by atoms with E-state index >= 15 is 0 Å². The second-order valence-electron chi connectivity index (χ2n) is 3.07. The molecule has 0 atom stereocenters. The molecule has 0 saturated heterocycles. The first kappa shape index (κ1) is 11.3. The second-order valence-corrected chi connectivity index (χ2v) is 4.94. The summed E-state index contributed by atoms with van der Waals surface area (Å²) in [5.74, 6) is 6.22. The van der Waals surface area contributed by atoms with Gasteiger partial charge in [0.25, 0.3) is 0 Å². The first-order valence-corrected chi connectivity index (χ1v) is 6.31. The lowest BCUT2D eigenvalue weighted by Gasteiger charge is -1.91. The van der Waals surface area contributed by atoms with Gasteiger partial charge >= 0.3 is 0 Å². The average molecular weight is 293 g/mol. The minimum Gasteiger partial charge on any atom is -0.486 e. The molecule has 80 valence electrons. The molecule has 1 aromatic carbocycles. The van der Waals surface area contributed by atoms with Crippen LogP contribution in [0.15, 0.2) is 40.9 Å². The van der Waals surface area contributed by atoms with Crippen LogP contribution in [0.3, 0.4) is 0 Å². The van der Waals surface area contributed by atoms with Crippen molar-refractivity contribution in [1.29, 1.82) is 0 Å². The molecule has 1 aromatic heterocycles. The van der Waals surface area contributed by atoms with E-state index in [9.17, 15) is 0 Å². The van der Waals surface area contributed by atoms with Gasteiger partial charge in [-0.05, 0) is 34.1 Å². The highest BCUT2D eigenvalue weighted by molar-refractivity contribution is 9.10. The highest BCUT2D eigenvalue weighted by Crippen LogP contribution is 2.34. The van der Waals surface area contributed by atoms with Gasteiger partial charge in [0.05, 0.1) is 16.5 Å². The molecular formula is C13H9BrOS. The topological polar surface area (TPSA) is 9.23 Å². The number of benzene rings is 1. The van der Waals surface area contributed by atoms with Crippen LogP contribution in [0.5, 0.6) is 5.06 Å². The Bertz CT molecular complexity index is 534. The van der Waals surface area contributed by atoms with Gasteiger partial charge in [0.2, 0.25) is 0 Å². The van der Waals surface area contributed by atoms with Crippen molar-refractivity contribution in [1.82, 2.24) is 0 Å². The van der Waals surface area contributed by atoms with Crippen LogP contribution in [0.2, 0.25) is 0 Å². The predicted molar refractivity (Wildman–Crippen MR) is 71.0 cm³/mol. The smallest absolute Gasteiger partial charge is 0.189 e. The lowest BCUT2D eigenvalue weighted by molar-refractivity contribution is 0.425. The van der Waals surface area contributed by atoms with Crippen LogP contribution in [-0.2, 0) is 0 Å². The number of methoxy groups -OCH3 is 1. The van der Waals surface area contributed by atoms with Crippen molar-refractivity contribution in [3.63, 3.8) is 0 Å². The molecular weight excluding hydrogens is 284 g/mol. The van der Waals surface area contributed by atoms with Gasteiger partial charge in [0.1, 0.15) is 0 Å². The predicted octanol–water partition coefficient (Wildman–Crippen LogP) is 3.92. The second kappa shape index (κ2) is 5.20. The number of thiophene rings is 1. The molecule has 0 N–H and O–H groups in total. The normalized spacial score (nSPS) is 9.38. The van der Waals surface area contributed by atoms with Crippen LogP contribution in [0.4, 0.5) is 0 Å². The molecule has 0 amide bonds. The maximum Gasteiger partial charge on any atom is 0.189 e. The third-order valence-electron chi connectivity index (χ3n) is 1.94. The SMILES string of the molecule is COc1sc(C#Cc2ccccc2)cc1Br. The van der Waals surface area contributed by atoms with Crippen molar-refractivity contribution < 1.29 is 4.74 Å². The van der Waals surface area contributed by atoms with Crippen LogP contribution in [0.25, 0.3) is 0 Å². The summed E-state index contributed by atoms with van der Waals surface area (Å²) in [4.78, 5) is 0.993. The fourth-order valence-electron chi connectivity index (χ4n) is 1.21. The Hall–Kier alpha value is -1.24. The summed E-state index contributed by atoms with van der Waals surface area (Å²) in [5, 5.41) is 0.859. The maximum absolute atomic E-state index is 5.18. The van der Waals surface area contributed by atoms with Crippen molar-refractivity contribution >= 4 is 27.3 Å². The van der Waals surface area contributed by atoms with E-state index < -0.39 is 0 Å². The van der Waals surface area contributed by atoms with Gasteiger partial charge in [-0.25, -0.2) is 0 Å². The van der Waals surface area contributed by atoms with E-state index in [-0.39, 0.29) is 0 Å². The number of hydrogen-bond donors (Lipinski definition) is 0. The minimum absolute atomic E-state index is 0.859. The Morgan fingerprint density at radius 2 is 1.94 bits per heavy atom. The molecule has 0 radical (unpaired) electrons. The van der Waals surface area contributed by atoms with Crippen LogP contribution in [0.1, 0.15) is 10.4 Å². The summed E-state index contributed by atoms with van der Waals surface area (Å²) in [6, 6.07) is 11.9. The van der Waals surface area contributed by atoms with Crippen molar-refractivity contribution in [3.05, 3.63) is 51.3 Å². The van der Waals surface area contributed by atoms with Crippen LogP contribution in [0, 0.1) is 11.8 Å². The Morgan fingerprint density at radius 1 is 1.19 bits per heavy atom. The molecule has 2 aromatic rings.